The average Bonchev–Trinajstić information content (AvgIpc) is 2.67. The lowest BCUT2D eigenvalue weighted by Crippen LogP contribution is -2.29. The summed E-state index contributed by atoms with van der Waals surface area (Å²) in [5.74, 6) is 0. The van der Waals surface area contributed by atoms with Crippen LogP contribution in [0.4, 0.5) is 0 Å². The summed E-state index contributed by atoms with van der Waals surface area (Å²) < 4.78 is 1.22. The standard InChI is InChI=1S/C16H22BrN/c1-18-16(13-8-4-2-3-5-9-13)12-14-10-6-7-11-15(14)17/h6-8,10-11,16,18H,2-5,9,12H2,1H3. The number of nitrogens with one attached hydrogen (secondary N) is 1. The van der Waals surface area contributed by atoms with Gasteiger partial charge < -0.3 is 5.32 Å². The third kappa shape index (κ3) is 3.69. The summed E-state index contributed by atoms with van der Waals surface area (Å²) in [6.07, 6.45) is 10.1. The Kier molecular flexibility index (Phi) is 5.45. The highest BCUT2D eigenvalue weighted by Gasteiger charge is 2.15. The molecule has 0 heterocycles. The van der Waals surface area contributed by atoms with Gasteiger partial charge in [0.1, 0.15) is 0 Å². The number of hydrogen-bond acceptors (Lipinski definition) is 1. The van der Waals surface area contributed by atoms with E-state index in [1.165, 1.54) is 42.1 Å². The fourth-order valence-corrected chi connectivity index (χ4v) is 3.11. The van der Waals surface area contributed by atoms with Crippen molar-refractivity contribution in [3.05, 3.63) is 46.0 Å². The molecule has 0 aromatic heterocycles. The van der Waals surface area contributed by atoms with Crippen LogP contribution in [0.25, 0.3) is 0 Å². The van der Waals surface area contributed by atoms with Crippen molar-refractivity contribution < 1.29 is 0 Å². The van der Waals surface area contributed by atoms with Crippen molar-refractivity contribution in [2.45, 2.75) is 44.6 Å². The van der Waals surface area contributed by atoms with E-state index in [-0.39, 0.29) is 0 Å². The Morgan fingerprint density at radius 3 is 2.83 bits per heavy atom. The predicted octanol–water partition coefficient (Wildman–Crippen LogP) is 4.47. The molecule has 2 heteroatoms. The summed E-state index contributed by atoms with van der Waals surface area (Å²) in [5, 5.41) is 3.49. The minimum Gasteiger partial charge on any atom is -0.313 e. The molecular weight excluding hydrogens is 286 g/mol. The van der Waals surface area contributed by atoms with Gasteiger partial charge in [-0.1, -0.05) is 52.2 Å². The first kappa shape index (κ1) is 13.8. The Hall–Kier alpha value is -0.600. The zero-order chi connectivity index (χ0) is 12.8. The Morgan fingerprint density at radius 2 is 2.06 bits per heavy atom. The lowest BCUT2D eigenvalue weighted by atomic mass is 9.95. The largest absolute Gasteiger partial charge is 0.313 e. The molecule has 0 fully saturated rings. The Bertz CT molecular complexity index is 411. The van der Waals surface area contributed by atoms with Crippen LogP contribution in [-0.2, 0) is 6.42 Å². The molecule has 1 aromatic rings. The Balaban J connectivity index is 2.09. The molecule has 0 radical (unpaired) electrons. The number of benzene rings is 1. The van der Waals surface area contributed by atoms with Gasteiger partial charge in [0.05, 0.1) is 0 Å². The number of rotatable bonds is 4. The van der Waals surface area contributed by atoms with Crippen molar-refractivity contribution in [1.82, 2.24) is 5.32 Å². The molecule has 0 spiro atoms. The topological polar surface area (TPSA) is 12.0 Å². The van der Waals surface area contributed by atoms with Crippen LogP contribution in [0.15, 0.2) is 40.4 Å². The molecule has 1 aliphatic rings. The number of allylic oxidation sites excluding steroid dienone is 1. The van der Waals surface area contributed by atoms with Crippen LogP contribution in [0.5, 0.6) is 0 Å². The fourth-order valence-electron chi connectivity index (χ4n) is 2.66. The zero-order valence-corrected chi connectivity index (χ0v) is 12.7. The van der Waals surface area contributed by atoms with Crippen molar-refractivity contribution in [3.8, 4) is 0 Å². The predicted molar refractivity (Wildman–Crippen MR) is 81.9 cm³/mol. The second-order valence-corrected chi connectivity index (χ2v) is 5.87. The van der Waals surface area contributed by atoms with Crippen LogP contribution in [0.1, 0.15) is 37.7 Å². The molecule has 0 saturated carbocycles. The molecule has 1 N–H and O–H groups in total. The minimum absolute atomic E-state index is 0.488. The van der Waals surface area contributed by atoms with Gasteiger partial charge in [-0.15, -0.1) is 0 Å². The first-order chi connectivity index (χ1) is 8.81. The van der Waals surface area contributed by atoms with E-state index in [2.05, 4.69) is 58.6 Å². The molecule has 1 aromatic carbocycles. The second kappa shape index (κ2) is 7.10. The third-order valence-corrected chi connectivity index (χ3v) is 4.53. The smallest absolute Gasteiger partial charge is 0.0317 e. The highest BCUT2D eigenvalue weighted by molar-refractivity contribution is 9.10. The van der Waals surface area contributed by atoms with E-state index in [0.717, 1.165) is 6.42 Å². The van der Waals surface area contributed by atoms with Crippen molar-refractivity contribution >= 4 is 15.9 Å². The first-order valence-electron chi connectivity index (χ1n) is 6.91. The quantitative estimate of drug-likeness (QED) is 0.809. The summed E-state index contributed by atoms with van der Waals surface area (Å²) in [7, 11) is 2.08. The van der Waals surface area contributed by atoms with E-state index in [4.69, 9.17) is 0 Å². The highest BCUT2D eigenvalue weighted by atomic mass is 79.9. The molecular formula is C16H22BrN. The van der Waals surface area contributed by atoms with Gasteiger partial charge in [-0.3, -0.25) is 0 Å². The van der Waals surface area contributed by atoms with E-state index in [1.807, 2.05) is 0 Å². The van der Waals surface area contributed by atoms with Crippen molar-refractivity contribution in [3.63, 3.8) is 0 Å². The van der Waals surface area contributed by atoms with Gasteiger partial charge in [0.15, 0.2) is 0 Å². The van der Waals surface area contributed by atoms with Gasteiger partial charge in [0.25, 0.3) is 0 Å². The lowest BCUT2D eigenvalue weighted by Gasteiger charge is -2.20. The molecule has 0 saturated heterocycles. The molecule has 0 bridgehead atoms. The van der Waals surface area contributed by atoms with E-state index >= 15 is 0 Å². The van der Waals surface area contributed by atoms with Gasteiger partial charge in [-0.2, -0.15) is 0 Å². The van der Waals surface area contributed by atoms with Crippen molar-refractivity contribution in [1.29, 1.82) is 0 Å². The zero-order valence-electron chi connectivity index (χ0n) is 11.1. The van der Waals surface area contributed by atoms with Crippen molar-refractivity contribution in [2.24, 2.45) is 0 Å². The van der Waals surface area contributed by atoms with E-state index in [9.17, 15) is 0 Å². The van der Waals surface area contributed by atoms with Crippen LogP contribution in [0.3, 0.4) is 0 Å². The molecule has 1 unspecified atom stereocenters. The van der Waals surface area contributed by atoms with Crippen LogP contribution in [-0.4, -0.2) is 13.1 Å². The molecule has 98 valence electrons. The van der Waals surface area contributed by atoms with Crippen molar-refractivity contribution in [2.75, 3.05) is 7.05 Å². The van der Waals surface area contributed by atoms with Gasteiger partial charge in [-0.05, 0) is 50.8 Å². The summed E-state index contributed by atoms with van der Waals surface area (Å²) in [5.41, 5.74) is 2.99. The normalized spacial score (nSPS) is 18.0. The number of likely N-dealkylation sites (N-methyl/N-ethyl adjacent to an activating group) is 1. The molecule has 0 amide bonds. The van der Waals surface area contributed by atoms with Crippen LogP contribution in [0, 0.1) is 0 Å². The Morgan fingerprint density at radius 1 is 1.22 bits per heavy atom. The van der Waals surface area contributed by atoms with E-state index < -0.39 is 0 Å². The summed E-state index contributed by atoms with van der Waals surface area (Å²) in [4.78, 5) is 0. The summed E-state index contributed by atoms with van der Waals surface area (Å²) >= 11 is 3.65. The van der Waals surface area contributed by atoms with E-state index in [1.54, 1.807) is 5.57 Å². The summed E-state index contributed by atoms with van der Waals surface area (Å²) in [6.45, 7) is 0. The molecule has 2 rings (SSSR count). The molecule has 18 heavy (non-hydrogen) atoms. The monoisotopic (exact) mass is 307 g/mol. The van der Waals surface area contributed by atoms with Gasteiger partial charge in [-0.25, -0.2) is 0 Å². The van der Waals surface area contributed by atoms with Crippen LogP contribution < -0.4 is 5.32 Å². The number of halogens is 1. The molecule has 0 aliphatic heterocycles. The van der Waals surface area contributed by atoms with Gasteiger partial charge in [0, 0.05) is 10.5 Å². The molecule has 1 atom stereocenters. The van der Waals surface area contributed by atoms with Gasteiger partial charge >= 0.3 is 0 Å². The lowest BCUT2D eigenvalue weighted by molar-refractivity contribution is 0.596. The maximum absolute atomic E-state index is 3.65. The van der Waals surface area contributed by atoms with Crippen LogP contribution in [0.2, 0.25) is 0 Å². The van der Waals surface area contributed by atoms with Gasteiger partial charge in [0.2, 0.25) is 0 Å². The SMILES string of the molecule is CNC(Cc1ccccc1Br)C1=CCCCCC1. The number of hydrogen-bond donors (Lipinski definition) is 1. The fraction of sp³-hybridized carbons (Fsp3) is 0.500. The summed E-state index contributed by atoms with van der Waals surface area (Å²) in [6, 6.07) is 9.03. The average molecular weight is 308 g/mol. The minimum atomic E-state index is 0.488. The maximum atomic E-state index is 3.65. The van der Waals surface area contributed by atoms with E-state index in [0.29, 0.717) is 6.04 Å². The molecule has 1 nitrogen and oxygen atoms in total. The Labute approximate surface area is 119 Å². The first-order valence-corrected chi connectivity index (χ1v) is 7.70. The highest BCUT2D eigenvalue weighted by Crippen LogP contribution is 2.24. The molecule has 1 aliphatic carbocycles. The van der Waals surface area contributed by atoms with Crippen LogP contribution >= 0.6 is 15.9 Å². The third-order valence-electron chi connectivity index (χ3n) is 3.75. The second-order valence-electron chi connectivity index (χ2n) is 5.02. The maximum Gasteiger partial charge on any atom is 0.0317 e.